The maximum absolute atomic E-state index is 12.2. The van der Waals surface area contributed by atoms with Gasteiger partial charge in [-0.2, -0.15) is 0 Å². The van der Waals surface area contributed by atoms with Crippen molar-refractivity contribution >= 4 is 15.8 Å². The first-order valence-corrected chi connectivity index (χ1v) is 8.15. The largest absolute Gasteiger partial charge is 0.481 e. The van der Waals surface area contributed by atoms with Gasteiger partial charge in [0.15, 0.2) is 9.84 Å². The molecule has 0 fully saturated rings. The first-order valence-electron chi connectivity index (χ1n) is 6.49. The van der Waals surface area contributed by atoms with Crippen LogP contribution in [0.5, 0.6) is 0 Å². The highest BCUT2D eigenvalue weighted by atomic mass is 32.2. The van der Waals surface area contributed by atoms with Crippen LogP contribution in [0, 0.1) is 0 Å². The van der Waals surface area contributed by atoms with Crippen molar-refractivity contribution in [2.24, 2.45) is 0 Å². The molecule has 5 heteroatoms. The van der Waals surface area contributed by atoms with Crippen LogP contribution in [0.3, 0.4) is 0 Å². The van der Waals surface area contributed by atoms with Crippen molar-refractivity contribution in [3.8, 4) is 0 Å². The molecule has 0 amide bonds. The second kappa shape index (κ2) is 6.10. The van der Waals surface area contributed by atoms with Gasteiger partial charge in [-0.25, -0.2) is 8.42 Å². The smallest absolute Gasteiger partial charge is 0.310 e. The summed E-state index contributed by atoms with van der Waals surface area (Å²) in [7, 11) is -3.38. The molecule has 0 aliphatic rings. The highest BCUT2D eigenvalue weighted by Gasteiger charge is 2.16. The molecule has 0 bridgehead atoms. The minimum Gasteiger partial charge on any atom is -0.481 e. The van der Waals surface area contributed by atoms with E-state index in [0.29, 0.717) is 11.1 Å². The molecule has 0 aliphatic carbocycles. The maximum atomic E-state index is 12.2. The van der Waals surface area contributed by atoms with Crippen LogP contribution in [0.2, 0.25) is 0 Å². The molecule has 2 aromatic carbocycles. The monoisotopic (exact) mass is 304 g/mol. The summed E-state index contributed by atoms with van der Waals surface area (Å²) in [6.45, 7) is 1.60. The van der Waals surface area contributed by atoms with Crippen molar-refractivity contribution in [3.63, 3.8) is 0 Å². The molecule has 0 saturated heterocycles. The zero-order valence-electron chi connectivity index (χ0n) is 11.6. The lowest BCUT2D eigenvalue weighted by Gasteiger charge is -2.08. The van der Waals surface area contributed by atoms with E-state index in [9.17, 15) is 13.2 Å². The SMILES string of the molecule is C[C@@H](C(=O)O)c1ccc(CS(=O)(=O)c2ccccc2)cc1. The zero-order valence-corrected chi connectivity index (χ0v) is 12.4. The average molecular weight is 304 g/mol. The highest BCUT2D eigenvalue weighted by Crippen LogP contribution is 2.19. The van der Waals surface area contributed by atoms with E-state index in [1.54, 1.807) is 61.5 Å². The van der Waals surface area contributed by atoms with Gasteiger partial charge >= 0.3 is 5.97 Å². The number of benzene rings is 2. The van der Waals surface area contributed by atoms with E-state index in [1.165, 1.54) is 0 Å². The molecule has 2 rings (SSSR count). The van der Waals surface area contributed by atoms with Gasteiger partial charge < -0.3 is 5.11 Å². The lowest BCUT2D eigenvalue weighted by Crippen LogP contribution is -2.08. The second-order valence-electron chi connectivity index (χ2n) is 4.87. The Balaban J connectivity index is 2.19. The first kappa shape index (κ1) is 15.3. The number of carboxylic acid groups (broad SMARTS) is 1. The van der Waals surface area contributed by atoms with Crippen LogP contribution < -0.4 is 0 Å². The van der Waals surface area contributed by atoms with Crippen molar-refractivity contribution in [2.75, 3.05) is 0 Å². The lowest BCUT2D eigenvalue weighted by atomic mass is 10.0. The van der Waals surface area contributed by atoms with Gasteiger partial charge in [-0.15, -0.1) is 0 Å². The van der Waals surface area contributed by atoms with Crippen LogP contribution >= 0.6 is 0 Å². The Bertz CT molecular complexity index is 719. The Hall–Kier alpha value is -2.14. The fourth-order valence-corrected chi connectivity index (χ4v) is 3.35. The molecule has 0 aliphatic heterocycles. The van der Waals surface area contributed by atoms with Gasteiger partial charge in [-0.1, -0.05) is 42.5 Å². The number of aliphatic carboxylic acids is 1. The number of sulfone groups is 1. The van der Waals surface area contributed by atoms with Crippen molar-refractivity contribution in [1.82, 2.24) is 0 Å². The normalized spacial score (nSPS) is 12.8. The molecule has 21 heavy (non-hydrogen) atoms. The van der Waals surface area contributed by atoms with Crippen molar-refractivity contribution < 1.29 is 18.3 Å². The summed E-state index contributed by atoms with van der Waals surface area (Å²) in [5, 5.41) is 8.94. The molecule has 0 unspecified atom stereocenters. The predicted molar refractivity (Wildman–Crippen MR) is 79.8 cm³/mol. The molecule has 2 aromatic rings. The first-order chi connectivity index (χ1) is 9.90. The summed E-state index contributed by atoms with van der Waals surface area (Å²) in [5.41, 5.74) is 1.29. The molecule has 1 N–H and O–H groups in total. The Labute approximate surface area is 124 Å². The zero-order chi connectivity index (χ0) is 15.5. The van der Waals surface area contributed by atoms with Crippen LogP contribution in [0.25, 0.3) is 0 Å². The van der Waals surface area contributed by atoms with Gasteiger partial charge in [0.2, 0.25) is 0 Å². The summed E-state index contributed by atoms with van der Waals surface area (Å²) >= 11 is 0. The third-order valence-electron chi connectivity index (χ3n) is 3.31. The molecule has 0 aromatic heterocycles. The van der Waals surface area contributed by atoms with E-state index >= 15 is 0 Å². The maximum Gasteiger partial charge on any atom is 0.310 e. The van der Waals surface area contributed by atoms with Crippen molar-refractivity contribution in [2.45, 2.75) is 23.5 Å². The van der Waals surface area contributed by atoms with Crippen LogP contribution in [0.1, 0.15) is 24.0 Å². The van der Waals surface area contributed by atoms with Crippen molar-refractivity contribution in [3.05, 3.63) is 65.7 Å². The number of hydrogen-bond donors (Lipinski definition) is 1. The Morgan fingerprint density at radius 1 is 1.05 bits per heavy atom. The fraction of sp³-hybridized carbons (Fsp3) is 0.188. The molecule has 0 radical (unpaired) electrons. The van der Waals surface area contributed by atoms with Crippen LogP contribution in [0.4, 0.5) is 0 Å². The number of rotatable bonds is 5. The van der Waals surface area contributed by atoms with Gasteiger partial charge in [0, 0.05) is 0 Å². The van der Waals surface area contributed by atoms with E-state index in [0.717, 1.165) is 0 Å². The van der Waals surface area contributed by atoms with E-state index in [-0.39, 0.29) is 10.6 Å². The second-order valence-corrected chi connectivity index (χ2v) is 6.86. The third-order valence-corrected chi connectivity index (χ3v) is 5.01. The van der Waals surface area contributed by atoms with Gasteiger partial charge in [0.05, 0.1) is 16.6 Å². The molecule has 1 atom stereocenters. The predicted octanol–water partition coefficient (Wildman–Crippen LogP) is 2.85. The quantitative estimate of drug-likeness (QED) is 0.922. The van der Waals surface area contributed by atoms with Gasteiger partial charge in [0.1, 0.15) is 0 Å². The minimum absolute atomic E-state index is 0.0985. The van der Waals surface area contributed by atoms with Gasteiger partial charge in [-0.05, 0) is 30.2 Å². The van der Waals surface area contributed by atoms with Crippen LogP contribution in [-0.2, 0) is 20.4 Å². The molecule has 0 heterocycles. The van der Waals surface area contributed by atoms with E-state index < -0.39 is 21.7 Å². The Kier molecular flexibility index (Phi) is 4.43. The minimum atomic E-state index is -3.38. The average Bonchev–Trinajstić information content (AvgIpc) is 2.48. The highest BCUT2D eigenvalue weighted by molar-refractivity contribution is 7.90. The molecule has 4 nitrogen and oxygen atoms in total. The topological polar surface area (TPSA) is 71.4 Å². The number of hydrogen-bond acceptors (Lipinski definition) is 3. The summed E-state index contributed by atoms with van der Waals surface area (Å²) in [6, 6.07) is 14.9. The van der Waals surface area contributed by atoms with E-state index in [2.05, 4.69) is 0 Å². The summed E-state index contributed by atoms with van der Waals surface area (Å²) in [5.74, 6) is -1.61. The van der Waals surface area contributed by atoms with Gasteiger partial charge in [0.25, 0.3) is 0 Å². The number of carboxylic acids is 1. The van der Waals surface area contributed by atoms with Crippen LogP contribution in [0.15, 0.2) is 59.5 Å². The molecule has 0 saturated carbocycles. The summed E-state index contributed by atoms with van der Waals surface area (Å²) < 4.78 is 24.5. The standard InChI is InChI=1S/C16H16O4S/c1-12(16(17)18)14-9-7-13(8-10-14)11-21(19,20)15-5-3-2-4-6-15/h2-10,12H,11H2,1H3,(H,17,18)/t12-/m1/s1. The van der Waals surface area contributed by atoms with Crippen molar-refractivity contribution in [1.29, 1.82) is 0 Å². The van der Waals surface area contributed by atoms with E-state index in [4.69, 9.17) is 5.11 Å². The number of carbonyl (C=O) groups is 1. The van der Waals surface area contributed by atoms with E-state index in [1.807, 2.05) is 0 Å². The van der Waals surface area contributed by atoms with Crippen LogP contribution in [-0.4, -0.2) is 19.5 Å². The summed E-state index contributed by atoms with van der Waals surface area (Å²) in [6.07, 6.45) is 0. The molecule has 0 spiro atoms. The Morgan fingerprint density at radius 2 is 1.62 bits per heavy atom. The molecule has 110 valence electrons. The lowest BCUT2D eigenvalue weighted by molar-refractivity contribution is -0.138. The Morgan fingerprint density at radius 3 is 2.14 bits per heavy atom. The third kappa shape index (κ3) is 3.70. The molecular weight excluding hydrogens is 288 g/mol. The van der Waals surface area contributed by atoms with Gasteiger partial charge in [-0.3, -0.25) is 4.79 Å². The fourth-order valence-electron chi connectivity index (χ4n) is 1.98. The summed E-state index contributed by atoms with van der Waals surface area (Å²) in [4.78, 5) is 11.2. The molecular formula is C16H16O4S.